The predicted octanol–water partition coefficient (Wildman–Crippen LogP) is 2.68. The topological polar surface area (TPSA) is 20.2 Å². The molecule has 1 heteroatoms. The van der Waals surface area contributed by atoms with Crippen molar-refractivity contribution in [3.8, 4) is 5.75 Å². The van der Waals surface area contributed by atoms with Crippen molar-refractivity contribution in [2.24, 2.45) is 0 Å². The first-order valence-corrected chi connectivity index (χ1v) is 3.96. The Bertz CT molecular complexity index is 276. The summed E-state index contributed by atoms with van der Waals surface area (Å²) in [5, 5.41) is 8.58. The Morgan fingerprint density at radius 2 is 1.54 bits per heavy atom. The fourth-order valence-corrected chi connectivity index (χ4v) is 0.726. The molecule has 0 unspecified atom stereocenters. The van der Waals surface area contributed by atoms with E-state index >= 15 is 0 Å². The van der Waals surface area contributed by atoms with Crippen LogP contribution in [0.3, 0.4) is 0 Å². The summed E-state index contributed by atoms with van der Waals surface area (Å²) in [7, 11) is 0. The van der Waals surface area contributed by atoms with Gasteiger partial charge in [-0.15, -0.1) is 0 Å². The van der Waals surface area contributed by atoms with Gasteiger partial charge in [0.15, 0.2) is 0 Å². The molecule has 64 valence electrons. The van der Waals surface area contributed by atoms with E-state index < -0.39 is 0 Å². The molecule has 0 aliphatic rings. The standard InChI is InChI=1S/C6H5O.C6H5/c7-6-4-2-1-3-5-6;1-2-4-6-5-3-1/h1-4,7H;1-5H. The molecule has 0 aliphatic heterocycles. The van der Waals surface area contributed by atoms with Gasteiger partial charge in [0.2, 0.25) is 0 Å². The zero-order valence-corrected chi connectivity index (χ0v) is 7.14. The Morgan fingerprint density at radius 1 is 0.846 bits per heavy atom. The second kappa shape index (κ2) is 5.84. The lowest BCUT2D eigenvalue weighted by atomic mass is 10.3. The zero-order valence-electron chi connectivity index (χ0n) is 7.14. The summed E-state index contributed by atoms with van der Waals surface area (Å²) in [4.78, 5) is 0. The van der Waals surface area contributed by atoms with Crippen LogP contribution in [0.5, 0.6) is 5.75 Å². The van der Waals surface area contributed by atoms with Gasteiger partial charge in [0.25, 0.3) is 0 Å². The van der Waals surface area contributed by atoms with E-state index in [1.807, 2.05) is 30.3 Å². The maximum absolute atomic E-state index is 8.58. The normalized spacial score (nSPS) is 8.31. The largest absolute Gasteiger partial charge is 0.507 e. The number of benzene rings is 2. The molecular weight excluding hydrogens is 160 g/mol. The van der Waals surface area contributed by atoms with Crippen LogP contribution in [-0.2, 0) is 0 Å². The van der Waals surface area contributed by atoms with E-state index in [-0.39, 0.29) is 5.75 Å². The lowest BCUT2D eigenvalue weighted by Crippen LogP contribution is -1.57. The van der Waals surface area contributed by atoms with E-state index in [0.29, 0.717) is 0 Å². The molecule has 0 amide bonds. The van der Waals surface area contributed by atoms with Crippen molar-refractivity contribution in [1.29, 1.82) is 0 Å². The third kappa shape index (κ3) is 4.64. The average Bonchev–Trinajstić information content (AvgIpc) is 2.22. The van der Waals surface area contributed by atoms with Crippen LogP contribution in [0, 0.1) is 12.1 Å². The number of hydrogen-bond donors (Lipinski definition) is 1. The van der Waals surface area contributed by atoms with Crippen molar-refractivity contribution in [2.45, 2.75) is 0 Å². The van der Waals surface area contributed by atoms with Gasteiger partial charge >= 0.3 is 0 Å². The Morgan fingerprint density at radius 3 is 1.77 bits per heavy atom. The molecule has 0 heterocycles. The Balaban J connectivity index is 0.000000132. The van der Waals surface area contributed by atoms with Crippen molar-refractivity contribution < 1.29 is 5.11 Å². The number of hydrogen-bond acceptors (Lipinski definition) is 1. The molecule has 0 aromatic heterocycles. The van der Waals surface area contributed by atoms with E-state index in [1.165, 1.54) is 0 Å². The molecule has 2 aromatic rings. The van der Waals surface area contributed by atoms with Gasteiger partial charge in [-0.3, -0.25) is 0 Å². The molecule has 2 rings (SSSR count). The summed E-state index contributed by atoms with van der Waals surface area (Å²) in [6, 6.07) is 21.9. The van der Waals surface area contributed by atoms with Crippen molar-refractivity contribution in [2.75, 3.05) is 0 Å². The highest BCUT2D eigenvalue weighted by molar-refractivity contribution is 5.16. The van der Waals surface area contributed by atoms with Crippen molar-refractivity contribution >= 4 is 0 Å². The molecule has 0 fully saturated rings. The summed E-state index contributed by atoms with van der Waals surface area (Å²) in [5.41, 5.74) is 0. The molecule has 0 saturated carbocycles. The third-order valence-electron chi connectivity index (χ3n) is 1.30. The molecule has 0 spiro atoms. The SMILES string of the molecule is Oc1[c]cccc1.[c]1ccccc1. The highest BCUT2D eigenvalue weighted by Gasteiger charge is 1.76. The maximum Gasteiger partial charge on any atom is 0.123 e. The quantitative estimate of drug-likeness (QED) is 0.644. The van der Waals surface area contributed by atoms with Crippen LogP contribution in [0.4, 0.5) is 0 Å². The molecular formula is C12H10O. The van der Waals surface area contributed by atoms with E-state index in [9.17, 15) is 0 Å². The van der Waals surface area contributed by atoms with Crippen LogP contribution in [0.25, 0.3) is 0 Å². The zero-order chi connectivity index (χ0) is 9.36. The summed E-state index contributed by atoms with van der Waals surface area (Å²) in [6.07, 6.45) is 0. The minimum Gasteiger partial charge on any atom is -0.507 e. The van der Waals surface area contributed by atoms with Crippen LogP contribution in [0.2, 0.25) is 0 Å². The number of phenols is 1. The highest BCUT2D eigenvalue weighted by atomic mass is 16.3. The summed E-state index contributed by atoms with van der Waals surface area (Å²) in [5.74, 6) is 0.197. The Hall–Kier alpha value is -1.76. The second-order valence-electron chi connectivity index (χ2n) is 2.33. The number of rotatable bonds is 0. The van der Waals surface area contributed by atoms with E-state index in [2.05, 4.69) is 12.1 Å². The van der Waals surface area contributed by atoms with Gasteiger partial charge in [0, 0.05) is 6.07 Å². The highest BCUT2D eigenvalue weighted by Crippen LogP contribution is 2.01. The van der Waals surface area contributed by atoms with Crippen LogP contribution >= 0.6 is 0 Å². The lowest BCUT2D eigenvalue weighted by Gasteiger charge is -1.81. The predicted molar refractivity (Wildman–Crippen MR) is 52.2 cm³/mol. The average molecular weight is 170 g/mol. The lowest BCUT2D eigenvalue weighted by molar-refractivity contribution is 0.474. The van der Waals surface area contributed by atoms with Gasteiger partial charge in [-0.1, -0.05) is 48.5 Å². The number of aromatic hydroxyl groups is 1. The van der Waals surface area contributed by atoms with Crippen molar-refractivity contribution in [3.63, 3.8) is 0 Å². The molecule has 0 bridgehead atoms. The minimum atomic E-state index is 0.197. The smallest absolute Gasteiger partial charge is 0.123 e. The third-order valence-corrected chi connectivity index (χ3v) is 1.30. The van der Waals surface area contributed by atoms with Crippen molar-refractivity contribution in [3.05, 3.63) is 66.7 Å². The monoisotopic (exact) mass is 170 g/mol. The van der Waals surface area contributed by atoms with Gasteiger partial charge in [0.1, 0.15) is 5.75 Å². The molecule has 1 N–H and O–H groups in total. The molecule has 13 heavy (non-hydrogen) atoms. The summed E-state index contributed by atoms with van der Waals surface area (Å²) < 4.78 is 0. The maximum atomic E-state index is 8.58. The number of phenolic OH excluding ortho intramolecular Hbond substituents is 1. The second-order valence-corrected chi connectivity index (χ2v) is 2.33. The van der Waals surface area contributed by atoms with Gasteiger partial charge in [-0.25, -0.2) is 0 Å². The molecule has 1 nitrogen and oxygen atoms in total. The molecule has 0 saturated heterocycles. The van der Waals surface area contributed by atoms with Crippen LogP contribution in [-0.4, -0.2) is 5.11 Å². The van der Waals surface area contributed by atoms with E-state index in [1.54, 1.807) is 24.3 Å². The Kier molecular flexibility index (Phi) is 4.19. The summed E-state index contributed by atoms with van der Waals surface area (Å²) in [6.45, 7) is 0. The molecule has 2 aromatic carbocycles. The molecule has 0 atom stereocenters. The van der Waals surface area contributed by atoms with Crippen molar-refractivity contribution in [1.82, 2.24) is 0 Å². The van der Waals surface area contributed by atoms with E-state index in [0.717, 1.165) is 0 Å². The minimum absolute atomic E-state index is 0.197. The van der Waals surface area contributed by atoms with E-state index in [4.69, 9.17) is 5.11 Å². The Labute approximate surface area is 78.3 Å². The van der Waals surface area contributed by atoms with Gasteiger partial charge in [-0.05, 0) is 12.1 Å². The van der Waals surface area contributed by atoms with Crippen LogP contribution in [0.15, 0.2) is 54.6 Å². The van der Waals surface area contributed by atoms with Crippen LogP contribution in [0.1, 0.15) is 0 Å². The first-order chi connectivity index (χ1) is 6.39. The molecule has 2 radical (unpaired) electrons. The van der Waals surface area contributed by atoms with Crippen LogP contribution < -0.4 is 0 Å². The summed E-state index contributed by atoms with van der Waals surface area (Å²) >= 11 is 0. The van der Waals surface area contributed by atoms with Gasteiger partial charge in [-0.2, -0.15) is 0 Å². The number of para-hydroxylation sites is 1. The van der Waals surface area contributed by atoms with Gasteiger partial charge < -0.3 is 5.11 Å². The first-order valence-electron chi connectivity index (χ1n) is 3.96. The fraction of sp³-hybridized carbons (Fsp3) is 0. The van der Waals surface area contributed by atoms with Gasteiger partial charge in [0.05, 0.1) is 0 Å². The molecule has 0 aliphatic carbocycles. The fourth-order valence-electron chi connectivity index (χ4n) is 0.726. The first kappa shape index (κ1) is 9.33.